The van der Waals surface area contributed by atoms with Gasteiger partial charge in [-0.25, -0.2) is 0 Å². The number of aliphatic carboxylic acids is 1. The van der Waals surface area contributed by atoms with Crippen molar-refractivity contribution in [2.75, 3.05) is 26.2 Å². The van der Waals surface area contributed by atoms with Crippen LogP contribution in [0.15, 0.2) is 30.3 Å². The highest BCUT2D eigenvalue weighted by molar-refractivity contribution is 5.86. The van der Waals surface area contributed by atoms with E-state index in [-0.39, 0.29) is 12.3 Å². The van der Waals surface area contributed by atoms with Gasteiger partial charge in [-0.05, 0) is 12.1 Å². The number of para-hydroxylation sites is 1. The zero-order valence-electron chi connectivity index (χ0n) is 11.1. The number of carboxylic acids is 1. The third kappa shape index (κ3) is 3.96. The molecule has 6 nitrogen and oxygen atoms in total. The molecule has 1 fully saturated rings. The van der Waals surface area contributed by atoms with Crippen LogP contribution < -0.4 is 10.1 Å². The molecule has 1 saturated heterocycles. The molecule has 1 atom stereocenters. The van der Waals surface area contributed by atoms with Gasteiger partial charge in [0.15, 0.2) is 0 Å². The number of amides is 1. The van der Waals surface area contributed by atoms with Crippen molar-refractivity contribution in [3.63, 3.8) is 0 Å². The summed E-state index contributed by atoms with van der Waals surface area (Å²) in [4.78, 5) is 24.4. The number of rotatable bonds is 6. The minimum absolute atomic E-state index is 0.183. The molecule has 2 rings (SSSR count). The molecule has 1 amide bonds. The van der Waals surface area contributed by atoms with Crippen LogP contribution >= 0.6 is 0 Å². The lowest BCUT2D eigenvalue weighted by atomic mass is 10.1. The van der Waals surface area contributed by atoms with Gasteiger partial charge in [0, 0.05) is 19.6 Å². The Balaban J connectivity index is 1.86. The smallest absolute Gasteiger partial charge is 0.305 e. The SMILES string of the molecule is O=C(O)CC1C(=O)NCCN1CCOc1ccccc1. The van der Waals surface area contributed by atoms with Crippen molar-refractivity contribution >= 4 is 11.9 Å². The van der Waals surface area contributed by atoms with Gasteiger partial charge in [-0.1, -0.05) is 18.2 Å². The third-order valence-electron chi connectivity index (χ3n) is 3.20. The lowest BCUT2D eigenvalue weighted by molar-refractivity contribution is -0.143. The van der Waals surface area contributed by atoms with Gasteiger partial charge < -0.3 is 15.2 Å². The van der Waals surface area contributed by atoms with E-state index in [0.29, 0.717) is 26.2 Å². The number of carboxylic acid groups (broad SMARTS) is 1. The molecule has 1 aliphatic heterocycles. The Bertz CT molecular complexity index is 464. The summed E-state index contributed by atoms with van der Waals surface area (Å²) in [6.45, 7) is 2.13. The van der Waals surface area contributed by atoms with Crippen molar-refractivity contribution in [1.29, 1.82) is 0 Å². The Morgan fingerprint density at radius 3 is 2.85 bits per heavy atom. The first-order valence-corrected chi connectivity index (χ1v) is 6.58. The Labute approximate surface area is 117 Å². The number of ether oxygens (including phenoxy) is 1. The maximum absolute atomic E-state index is 11.7. The zero-order valence-corrected chi connectivity index (χ0v) is 11.1. The van der Waals surface area contributed by atoms with Gasteiger partial charge in [-0.2, -0.15) is 0 Å². The summed E-state index contributed by atoms with van der Waals surface area (Å²) in [6, 6.07) is 8.79. The lowest BCUT2D eigenvalue weighted by Gasteiger charge is -2.33. The van der Waals surface area contributed by atoms with Gasteiger partial charge in [0.05, 0.1) is 12.5 Å². The molecule has 0 bridgehead atoms. The van der Waals surface area contributed by atoms with E-state index in [4.69, 9.17) is 9.84 Å². The highest BCUT2D eigenvalue weighted by atomic mass is 16.5. The predicted molar refractivity (Wildman–Crippen MR) is 72.6 cm³/mol. The normalized spacial score (nSPS) is 19.4. The quantitative estimate of drug-likeness (QED) is 0.784. The molecule has 1 aromatic rings. The minimum Gasteiger partial charge on any atom is -0.492 e. The summed E-state index contributed by atoms with van der Waals surface area (Å²) in [5.74, 6) is -0.428. The van der Waals surface area contributed by atoms with Crippen molar-refractivity contribution in [2.24, 2.45) is 0 Å². The Kier molecular flexibility index (Phi) is 4.95. The molecule has 2 N–H and O–H groups in total. The van der Waals surface area contributed by atoms with Crippen LogP contribution in [0.4, 0.5) is 0 Å². The molecule has 1 heterocycles. The molecule has 1 aliphatic rings. The van der Waals surface area contributed by atoms with E-state index < -0.39 is 12.0 Å². The van der Waals surface area contributed by atoms with Crippen LogP contribution in [0.3, 0.4) is 0 Å². The minimum atomic E-state index is -0.971. The van der Waals surface area contributed by atoms with Gasteiger partial charge in [0.25, 0.3) is 0 Å². The summed E-state index contributed by atoms with van der Waals surface area (Å²) in [7, 11) is 0. The van der Waals surface area contributed by atoms with Gasteiger partial charge in [0.2, 0.25) is 5.91 Å². The third-order valence-corrected chi connectivity index (χ3v) is 3.20. The number of hydrogen-bond acceptors (Lipinski definition) is 4. The maximum Gasteiger partial charge on any atom is 0.305 e. The highest BCUT2D eigenvalue weighted by Gasteiger charge is 2.31. The summed E-state index contributed by atoms with van der Waals surface area (Å²) in [5, 5.41) is 11.6. The van der Waals surface area contributed by atoms with Crippen molar-refractivity contribution in [1.82, 2.24) is 10.2 Å². The second-order valence-electron chi connectivity index (χ2n) is 4.60. The molecule has 0 spiro atoms. The Morgan fingerprint density at radius 2 is 2.15 bits per heavy atom. The fourth-order valence-electron chi connectivity index (χ4n) is 2.21. The van der Waals surface area contributed by atoms with Crippen LogP contribution in [-0.2, 0) is 9.59 Å². The van der Waals surface area contributed by atoms with Crippen molar-refractivity contribution in [3.05, 3.63) is 30.3 Å². The lowest BCUT2D eigenvalue weighted by Crippen LogP contribution is -2.56. The van der Waals surface area contributed by atoms with E-state index in [9.17, 15) is 9.59 Å². The molecule has 20 heavy (non-hydrogen) atoms. The Hall–Kier alpha value is -2.08. The van der Waals surface area contributed by atoms with E-state index in [1.165, 1.54) is 0 Å². The van der Waals surface area contributed by atoms with Gasteiger partial charge in [-0.15, -0.1) is 0 Å². The van der Waals surface area contributed by atoms with Crippen LogP contribution in [-0.4, -0.2) is 54.2 Å². The van der Waals surface area contributed by atoms with E-state index in [1.54, 1.807) is 0 Å². The summed E-state index contributed by atoms with van der Waals surface area (Å²) < 4.78 is 5.58. The molecule has 0 aliphatic carbocycles. The van der Waals surface area contributed by atoms with Crippen LogP contribution in [0.5, 0.6) is 5.75 Å². The largest absolute Gasteiger partial charge is 0.492 e. The van der Waals surface area contributed by atoms with E-state index >= 15 is 0 Å². The molecular formula is C14H18N2O4. The molecule has 0 aromatic heterocycles. The molecule has 0 saturated carbocycles. The second kappa shape index (κ2) is 6.91. The molecule has 1 aromatic carbocycles. The van der Waals surface area contributed by atoms with Crippen LogP contribution in [0.25, 0.3) is 0 Å². The number of benzene rings is 1. The van der Waals surface area contributed by atoms with Crippen LogP contribution in [0, 0.1) is 0 Å². The predicted octanol–water partition coefficient (Wildman–Crippen LogP) is 0.341. The average Bonchev–Trinajstić information content (AvgIpc) is 2.43. The van der Waals surface area contributed by atoms with Crippen LogP contribution in [0.1, 0.15) is 6.42 Å². The van der Waals surface area contributed by atoms with E-state index in [1.807, 2.05) is 35.2 Å². The van der Waals surface area contributed by atoms with E-state index in [2.05, 4.69) is 5.32 Å². The van der Waals surface area contributed by atoms with Gasteiger partial charge >= 0.3 is 5.97 Å². The molecule has 108 valence electrons. The number of piperazine rings is 1. The Morgan fingerprint density at radius 1 is 1.40 bits per heavy atom. The van der Waals surface area contributed by atoms with Gasteiger partial charge in [0.1, 0.15) is 12.4 Å². The van der Waals surface area contributed by atoms with Gasteiger partial charge in [-0.3, -0.25) is 14.5 Å². The summed E-state index contributed by atoms with van der Waals surface area (Å²) >= 11 is 0. The number of hydrogen-bond donors (Lipinski definition) is 2. The number of carbonyl (C=O) groups excluding carboxylic acids is 1. The highest BCUT2D eigenvalue weighted by Crippen LogP contribution is 2.11. The number of carbonyl (C=O) groups is 2. The summed E-state index contributed by atoms with van der Waals surface area (Å²) in [5.41, 5.74) is 0. The zero-order chi connectivity index (χ0) is 14.4. The van der Waals surface area contributed by atoms with Crippen LogP contribution in [0.2, 0.25) is 0 Å². The first kappa shape index (κ1) is 14.3. The fraction of sp³-hybridized carbons (Fsp3) is 0.429. The molecule has 0 radical (unpaired) electrons. The van der Waals surface area contributed by atoms with E-state index in [0.717, 1.165) is 5.75 Å². The fourth-order valence-corrected chi connectivity index (χ4v) is 2.21. The first-order valence-electron chi connectivity index (χ1n) is 6.58. The monoisotopic (exact) mass is 278 g/mol. The molecular weight excluding hydrogens is 260 g/mol. The number of nitrogens with zero attached hydrogens (tertiary/aromatic N) is 1. The maximum atomic E-state index is 11.7. The average molecular weight is 278 g/mol. The standard InChI is InChI=1S/C14H18N2O4/c17-13(18)10-12-14(19)15-6-7-16(12)8-9-20-11-4-2-1-3-5-11/h1-5,12H,6-10H2,(H,15,19)(H,17,18). The number of nitrogens with one attached hydrogen (secondary N) is 1. The van der Waals surface area contributed by atoms with Crippen molar-refractivity contribution in [3.8, 4) is 5.75 Å². The second-order valence-corrected chi connectivity index (χ2v) is 4.60. The van der Waals surface area contributed by atoms with Crippen molar-refractivity contribution in [2.45, 2.75) is 12.5 Å². The first-order chi connectivity index (χ1) is 9.66. The van der Waals surface area contributed by atoms with Crippen molar-refractivity contribution < 1.29 is 19.4 Å². The topological polar surface area (TPSA) is 78.9 Å². The molecule has 1 unspecified atom stereocenters. The summed E-state index contributed by atoms with van der Waals surface area (Å²) in [6.07, 6.45) is -0.183. The molecule has 6 heteroatoms.